The predicted octanol–water partition coefficient (Wildman–Crippen LogP) is -0.656. The van der Waals surface area contributed by atoms with Gasteiger partial charge < -0.3 is 15.4 Å². The molecule has 1 atom stereocenters. The Hall–Kier alpha value is -1.47. The first-order valence-corrected chi connectivity index (χ1v) is 5.47. The predicted molar refractivity (Wildman–Crippen MR) is 62.5 cm³/mol. The van der Waals surface area contributed by atoms with Crippen molar-refractivity contribution in [3.05, 3.63) is 11.9 Å². The van der Waals surface area contributed by atoms with Gasteiger partial charge in [-0.3, -0.25) is 9.48 Å². The number of likely N-dealkylation sites (N-methyl/N-ethyl adjacent to an activating group) is 1. The molecule has 0 aliphatic heterocycles. The van der Waals surface area contributed by atoms with Crippen LogP contribution in [0, 0.1) is 0 Å². The minimum absolute atomic E-state index is 0.0111. The molecule has 0 bridgehead atoms. The molecule has 0 radical (unpaired) electrons. The van der Waals surface area contributed by atoms with Crippen LogP contribution in [0.5, 0.6) is 0 Å². The summed E-state index contributed by atoms with van der Waals surface area (Å²) in [6.45, 7) is 3.43. The highest BCUT2D eigenvalue weighted by Crippen LogP contribution is 2.01. The lowest BCUT2D eigenvalue weighted by atomic mass is 10.3. The highest BCUT2D eigenvalue weighted by molar-refractivity contribution is 5.91. The first kappa shape index (κ1) is 13.6. The lowest BCUT2D eigenvalue weighted by molar-refractivity contribution is 0.0595. The summed E-state index contributed by atoms with van der Waals surface area (Å²) < 4.78 is 6.66. The molecular weight excluding hydrogens is 222 g/mol. The van der Waals surface area contributed by atoms with Gasteiger partial charge in [0.15, 0.2) is 5.69 Å². The second kappa shape index (κ2) is 6.31. The molecule has 1 aromatic heterocycles. The summed E-state index contributed by atoms with van der Waals surface area (Å²) in [5, 5.41) is 7.63. The Morgan fingerprint density at radius 2 is 2.41 bits per heavy atom. The number of hydrogen-bond donors (Lipinski definition) is 1. The highest BCUT2D eigenvalue weighted by Gasteiger charge is 2.17. The van der Waals surface area contributed by atoms with Crippen LogP contribution in [0.4, 0.5) is 0 Å². The van der Waals surface area contributed by atoms with Gasteiger partial charge in [0, 0.05) is 27.2 Å². The Morgan fingerprint density at radius 1 is 1.71 bits per heavy atom. The van der Waals surface area contributed by atoms with Crippen molar-refractivity contribution in [2.24, 2.45) is 5.73 Å². The smallest absolute Gasteiger partial charge is 0.275 e. The molecule has 0 fully saturated rings. The third-order valence-corrected chi connectivity index (χ3v) is 2.40. The summed E-state index contributed by atoms with van der Waals surface area (Å²) >= 11 is 0. The fraction of sp³-hybridized carbons (Fsp3) is 0.700. The van der Waals surface area contributed by atoms with Gasteiger partial charge in [-0.25, -0.2) is 0 Å². The topological polar surface area (TPSA) is 86.3 Å². The molecule has 0 saturated heterocycles. The van der Waals surface area contributed by atoms with Crippen molar-refractivity contribution in [3.63, 3.8) is 0 Å². The fourth-order valence-electron chi connectivity index (χ4n) is 1.38. The molecule has 7 nitrogen and oxygen atoms in total. The van der Waals surface area contributed by atoms with Crippen LogP contribution < -0.4 is 5.73 Å². The average Bonchev–Trinajstić information content (AvgIpc) is 2.76. The molecule has 7 heteroatoms. The first-order valence-electron chi connectivity index (χ1n) is 5.47. The molecule has 0 aliphatic carbocycles. The Balaban J connectivity index is 2.61. The third kappa shape index (κ3) is 3.79. The number of methoxy groups -OCH3 is 1. The van der Waals surface area contributed by atoms with Gasteiger partial charge in [-0.15, -0.1) is 5.10 Å². The lowest BCUT2D eigenvalue weighted by Gasteiger charge is -2.19. The van der Waals surface area contributed by atoms with Crippen LogP contribution in [0.15, 0.2) is 6.20 Å². The zero-order valence-electron chi connectivity index (χ0n) is 10.5. The number of amides is 1. The van der Waals surface area contributed by atoms with E-state index >= 15 is 0 Å². The fourth-order valence-corrected chi connectivity index (χ4v) is 1.38. The van der Waals surface area contributed by atoms with Crippen LogP contribution in [0.3, 0.4) is 0 Å². The molecule has 0 spiro atoms. The summed E-state index contributed by atoms with van der Waals surface area (Å²) in [5.41, 5.74) is 5.71. The van der Waals surface area contributed by atoms with Crippen LogP contribution in [-0.4, -0.2) is 59.2 Å². The SMILES string of the molecule is COC(C)CN(C)C(=O)c1cn(CCN)nn1. The van der Waals surface area contributed by atoms with Crippen molar-refractivity contribution in [3.8, 4) is 0 Å². The van der Waals surface area contributed by atoms with Crippen molar-refractivity contribution >= 4 is 5.91 Å². The van der Waals surface area contributed by atoms with Gasteiger partial charge in [0.1, 0.15) is 0 Å². The normalized spacial score (nSPS) is 12.5. The van der Waals surface area contributed by atoms with E-state index in [4.69, 9.17) is 10.5 Å². The molecular formula is C10H19N5O2. The standard InChI is InChI=1S/C10H19N5O2/c1-8(17-3)6-14(2)10(16)9-7-15(5-4-11)13-12-9/h7-8H,4-6,11H2,1-3H3. The number of rotatable bonds is 6. The molecule has 17 heavy (non-hydrogen) atoms. The molecule has 1 aromatic rings. The summed E-state index contributed by atoms with van der Waals surface area (Å²) in [5.74, 6) is -0.169. The van der Waals surface area contributed by atoms with Crippen LogP contribution in [0.2, 0.25) is 0 Å². The quantitative estimate of drug-likeness (QED) is 0.714. The Labute approximate surface area is 101 Å². The van der Waals surface area contributed by atoms with E-state index in [9.17, 15) is 4.79 Å². The Bertz CT molecular complexity index is 365. The third-order valence-electron chi connectivity index (χ3n) is 2.40. The zero-order chi connectivity index (χ0) is 12.8. The maximum Gasteiger partial charge on any atom is 0.275 e. The summed E-state index contributed by atoms with van der Waals surface area (Å²) in [7, 11) is 3.32. The van der Waals surface area contributed by atoms with Gasteiger partial charge in [-0.05, 0) is 6.92 Å². The van der Waals surface area contributed by atoms with Gasteiger partial charge in [-0.1, -0.05) is 5.21 Å². The van der Waals surface area contributed by atoms with Gasteiger partial charge >= 0.3 is 0 Å². The molecule has 0 aromatic carbocycles. The summed E-state index contributed by atoms with van der Waals surface area (Å²) in [4.78, 5) is 13.5. The van der Waals surface area contributed by atoms with Gasteiger partial charge in [-0.2, -0.15) is 0 Å². The molecule has 96 valence electrons. The van der Waals surface area contributed by atoms with Crippen molar-refractivity contribution in [2.75, 3.05) is 27.2 Å². The molecule has 1 rings (SSSR count). The highest BCUT2D eigenvalue weighted by atomic mass is 16.5. The van der Waals surface area contributed by atoms with E-state index in [0.717, 1.165) is 0 Å². The average molecular weight is 241 g/mol. The van der Waals surface area contributed by atoms with E-state index in [1.807, 2.05) is 6.92 Å². The van der Waals surface area contributed by atoms with Crippen molar-refractivity contribution in [1.82, 2.24) is 19.9 Å². The molecule has 0 aliphatic rings. The first-order chi connectivity index (χ1) is 8.08. The molecule has 2 N–H and O–H groups in total. The molecule has 1 amide bonds. The number of ether oxygens (including phenoxy) is 1. The van der Waals surface area contributed by atoms with Crippen molar-refractivity contribution in [1.29, 1.82) is 0 Å². The minimum Gasteiger partial charge on any atom is -0.380 e. The second-order valence-electron chi connectivity index (χ2n) is 3.89. The van der Waals surface area contributed by atoms with E-state index in [0.29, 0.717) is 25.3 Å². The Morgan fingerprint density at radius 3 is 3.00 bits per heavy atom. The van der Waals surface area contributed by atoms with E-state index in [1.165, 1.54) is 0 Å². The van der Waals surface area contributed by atoms with E-state index in [1.54, 1.807) is 29.9 Å². The van der Waals surface area contributed by atoms with E-state index in [-0.39, 0.29) is 12.0 Å². The van der Waals surface area contributed by atoms with Crippen LogP contribution >= 0.6 is 0 Å². The van der Waals surface area contributed by atoms with Gasteiger partial charge in [0.2, 0.25) is 0 Å². The lowest BCUT2D eigenvalue weighted by Crippen LogP contribution is -2.34. The number of nitrogens with zero attached hydrogens (tertiary/aromatic N) is 4. The van der Waals surface area contributed by atoms with Crippen LogP contribution in [0.1, 0.15) is 17.4 Å². The number of aromatic nitrogens is 3. The maximum atomic E-state index is 11.9. The number of nitrogens with two attached hydrogens (primary N) is 1. The zero-order valence-corrected chi connectivity index (χ0v) is 10.5. The molecule has 0 saturated carbocycles. The number of carbonyl (C=O) groups excluding carboxylic acids is 1. The van der Waals surface area contributed by atoms with Crippen LogP contribution in [-0.2, 0) is 11.3 Å². The summed E-state index contributed by atoms with van der Waals surface area (Å²) in [6.07, 6.45) is 1.59. The van der Waals surface area contributed by atoms with Crippen molar-refractivity contribution in [2.45, 2.75) is 19.6 Å². The molecule has 1 unspecified atom stereocenters. The summed E-state index contributed by atoms with van der Waals surface area (Å²) in [6, 6.07) is 0. The van der Waals surface area contributed by atoms with E-state index < -0.39 is 0 Å². The molecule has 1 heterocycles. The number of carbonyl (C=O) groups is 1. The Kier molecular flexibility index (Phi) is 5.05. The minimum atomic E-state index is -0.169. The van der Waals surface area contributed by atoms with Gasteiger partial charge in [0.05, 0.1) is 18.8 Å². The van der Waals surface area contributed by atoms with Gasteiger partial charge in [0.25, 0.3) is 5.91 Å². The largest absolute Gasteiger partial charge is 0.380 e. The van der Waals surface area contributed by atoms with Crippen LogP contribution in [0.25, 0.3) is 0 Å². The van der Waals surface area contributed by atoms with E-state index in [2.05, 4.69) is 10.3 Å². The monoisotopic (exact) mass is 241 g/mol. The number of hydrogen-bond acceptors (Lipinski definition) is 5. The second-order valence-corrected chi connectivity index (χ2v) is 3.89. The van der Waals surface area contributed by atoms with Crippen molar-refractivity contribution < 1.29 is 9.53 Å². The maximum absolute atomic E-state index is 11.9.